The molecule has 0 aromatic rings. The fourth-order valence-corrected chi connectivity index (χ4v) is 9.79. The Morgan fingerprint density at radius 2 is 0.640 bits per heavy atom. The quantitative estimate of drug-likeness (QED) is 0.0252. The number of carbonyl (C=O) groups is 6. The van der Waals surface area contributed by atoms with Gasteiger partial charge in [0.2, 0.25) is 35.4 Å². The van der Waals surface area contributed by atoms with Gasteiger partial charge in [-0.3, -0.25) is 28.8 Å². The first kappa shape index (κ1) is 79.2. The van der Waals surface area contributed by atoms with Crippen LogP contribution >= 0.6 is 0 Å². The standard InChI is InChI=1S/C55H101N7O27/c1-33(2)62-55(9-6-40(69)56-12-15-78-18-21-81-24-27-84-52-43(59-34(3)66)49(75)46(72)37(30-63)87-52,10-7-41(70)57-13-16-79-19-22-82-25-28-85-53-44(60-35(4)67)50(76)47(73)38(31-64)88-53)11-8-42(71)58-14-17-80-20-23-83-26-29-86-54-45(61-36(5)68)51(77)48(74)39(32-65)89-54/h33,37-39,43-54,62-65,72-77H,6-32H2,1-5H3,(H,56,69)(H,57,70)(H,58,71)(H,59,66)(H,60,67)(H,61,68). The van der Waals surface area contributed by atoms with Crippen molar-refractivity contribution >= 4 is 35.4 Å². The van der Waals surface area contributed by atoms with Crippen molar-refractivity contribution in [2.75, 3.05) is 139 Å². The number of ether oxygens (including phenoxy) is 12. The molecule has 3 fully saturated rings. The lowest BCUT2D eigenvalue weighted by atomic mass is 9.82. The van der Waals surface area contributed by atoms with Crippen molar-refractivity contribution in [3.05, 3.63) is 0 Å². The molecule has 0 spiro atoms. The normalized spacial score (nSPS) is 27.7. The number of aliphatic hydroxyl groups is 9. The van der Waals surface area contributed by atoms with Crippen molar-refractivity contribution in [2.24, 2.45) is 0 Å². The number of aliphatic hydroxyl groups excluding tert-OH is 9. The van der Waals surface area contributed by atoms with Gasteiger partial charge in [0, 0.05) is 71.2 Å². The van der Waals surface area contributed by atoms with Crippen molar-refractivity contribution in [1.29, 1.82) is 0 Å². The van der Waals surface area contributed by atoms with Gasteiger partial charge in [-0.2, -0.15) is 0 Å². The van der Waals surface area contributed by atoms with Crippen molar-refractivity contribution in [3.8, 4) is 0 Å². The Morgan fingerprint density at radius 3 is 0.876 bits per heavy atom. The molecule has 0 bridgehead atoms. The molecular formula is C55H101N7O27. The minimum atomic E-state index is -1.45. The molecule has 0 aromatic carbocycles. The average Bonchev–Trinajstić information content (AvgIpc) is 3.35. The Hall–Kier alpha value is -4.06. The number of hydrogen-bond donors (Lipinski definition) is 16. The second-order valence-corrected chi connectivity index (χ2v) is 21.7. The molecular weight excluding hydrogens is 1190 g/mol. The summed E-state index contributed by atoms with van der Waals surface area (Å²) < 4.78 is 66.9. The van der Waals surface area contributed by atoms with E-state index in [-0.39, 0.29) is 181 Å². The summed E-state index contributed by atoms with van der Waals surface area (Å²) in [5.41, 5.74) is -0.840. The van der Waals surface area contributed by atoms with Gasteiger partial charge in [-0.25, -0.2) is 0 Å². The van der Waals surface area contributed by atoms with E-state index in [2.05, 4.69) is 37.2 Å². The molecule has 0 aliphatic carbocycles. The third kappa shape index (κ3) is 30.5. The van der Waals surface area contributed by atoms with E-state index in [1.165, 1.54) is 20.8 Å². The summed E-state index contributed by atoms with van der Waals surface area (Å²) in [6.07, 6.45) is -14.6. The van der Waals surface area contributed by atoms with Crippen LogP contribution in [0.4, 0.5) is 0 Å². The summed E-state index contributed by atoms with van der Waals surface area (Å²) in [7, 11) is 0. The van der Waals surface area contributed by atoms with Gasteiger partial charge in [-0.05, 0) is 19.3 Å². The van der Waals surface area contributed by atoms with Crippen LogP contribution < -0.4 is 37.2 Å². The molecule has 0 radical (unpaired) electrons. The fraction of sp³-hybridized carbons (Fsp3) is 0.891. The monoisotopic (exact) mass is 1290 g/mol. The SMILES string of the molecule is CC(=O)NC1C(OCCOCCOCCNC(=O)CCC(CCC(=O)NCCOCCOCCOC2OC(CO)C(O)C(O)C2NC(C)=O)(CCC(=O)NCCOCCOCCOC2OC(CO)C(O)C(O)C2NC(C)=O)NC(C)C)OC(CO)C(O)C1O. The van der Waals surface area contributed by atoms with Crippen LogP contribution in [-0.2, 0) is 85.6 Å². The summed E-state index contributed by atoms with van der Waals surface area (Å²) in [6.45, 7) is 8.01. The highest BCUT2D eigenvalue weighted by Gasteiger charge is 2.48. The van der Waals surface area contributed by atoms with Crippen LogP contribution in [0.2, 0.25) is 0 Å². The number of rotatable bonds is 47. The Kier molecular flexibility index (Phi) is 39.6. The Bertz CT molecular complexity index is 1800. The molecule has 34 nitrogen and oxygen atoms in total. The first-order valence-corrected chi connectivity index (χ1v) is 30.1. The van der Waals surface area contributed by atoms with E-state index in [0.717, 1.165) is 0 Å². The van der Waals surface area contributed by atoms with Gasteiger partial charge in [0.25, 0.3) is 0 Å². The third-order valence-electron chi connectivity index (χ3n) is 14.2. The topological polar surface area (TPSA) is 479 Å². The molecule has 6 amide bonds. The molecule has 0 saturated carbocycles. The minimum absolute atomic E-state index is 0.0147. The maximum absolute atomic E-state index is 13.2. The lowest BCUT2D eigenvalue weighted by molar-refractivity contribution is -0.272. The Labute approximate surface area is 518 Å². The van der Waals surface area contributed by atoms with Crippen LogP contribution in [0.15, 0.2) is 0 Å². The Morgan fingerprint density at radius 1 is 0.393 bits per heavy atom. The molecule has 34 heteroatoms. The molecule has 15 atom stereocenters. The molecule has 15 unspecified atom stereocenters. The van der Waals surface area contributed by atoms with E-state index in [0.29, 0.717) is 0 Å². The molecule has 16 N–H and O–H groups in total. The van der Waals surface area contributed by atoms with Gasteiger partial charge in [-0.15, -0.1) is 0 Å². The van der Waals surface area contributed by atoms with E-state index in [9.17, 15) is 74.7 Å². The van der Waals surface area contributed by atoms with Crippen molar-refractivity contribution in [1.82, 2.24) is 37.2 Å². The molecule has 89 heavy (non-hydrogen) atoms. The first-order chi connectivity index (χ1) is 42.6. The number of carbonyl (C=O) groups excluding carboxylic acids is 6. The predicted octanol–water partition coefficient (Wildman–Crippen LogP) is -7.61. The van der Waals surface area contributed by atoms with E-state index in [1.807, 2.05) is 13.8 Å². The third-order valence-corrected chi connectivity index (χ3v) is 14.2. The summed E-state index contributed by atoms with van der Waals surface area (Å²) in [6, 6.07) is -3.37. The van der Waals surface area contributed by atoms with Crippen molar-refractivity contribution in [2.45, 2.75) is 177 Å². The van der Waals surface area contributed by atoms with Gasteiger partial charge in [0.15, 0.2) is 18.9 Å². The minimum Gasteiger partial charge on any atom is -0.394 e. The van der Waals surface area contributed by atoms with Gasteiger partial charge in [-0.1, -0.05) is 13.8 Å². The fourth-order valence-electron chi connectivity index (χ4n) is 9.79. The maximum Gasteiger partial charge on any atom is 0.220 e. The van der Waals surface area contributed by atoms with Crippen LogP contribution in [0.1, 0.15) is 73.1 Å². The molecule has 3 saturated heterocycles. The summed E-state index contributed by atoms with van der Waals surface area (Å²) in [4.78, 5) is 74.7. The molecule has 3 heterocycles. The Balaban J connectivity index is 1.43. The zero-order valence-electron chi connectivity index (χ0n) is 51.7. The van der Waals surface area contributed by atoms with Crippen LogP contribution in [-0.4, -0.2) is 323 Å². The first-order valence-electron chi connectivity index (χ1n) is 30.1. The highest BCUT2D eigenvalue weighted by Crippen LogP contribution is 2.28. The number of nitrogens with one attached hydrogen (secondary N) is 7. The van der Waals surface area contributed by atoms with Crippen LogP contribution in [0.5, 0.6) is 0 Å². The van der Waals surface area contributed by atoms with E-state index < -0.39 is 135 Å². The van der Waals surface area contributed by atoms with Gasteiger partial charge in [0.05, 0.1) is 119 Å². The zero-order valence-corrected chi connectivity index (χ0v) is 51.7. The van der Waals surface area contributed by atoms with E-state index in [4.69, 9.17) is 56.8 Å². The van der Waals surface area contributed by atoms with Crippen LogP contribution in [0.25, 0.3) is 0 Å². The lowest BCUT2D eigenvalue weighted by Gasteiger charge is -2.42. The van der Waals surface area contributed by atoms with Gasteiger partial charge in [0.1, 0.15) is 73.1 Å². The molecule has 518 valence electrons. The van der Waals surface area contributed by atoms with E-state index in [1.54, 1.807) is 0 Å². The zero-order chi connectivity index (χ0) is 65.7. The molecule has 0 aromatic heterocycles. The molecule has 3 rings (SSSR count). The van der Waals surface area contributed by atoms with Crippen LogP contribution in [0.3, 0.4) is 0 Å². The molecule has 3 aliphatic rings. The van der Waals surface area contributed by atoms with Crippen molar-refractivity contribution < 1.29 is 132 Å². The smallest absolute Gasteiger partial charge is 0.220 e. The lowest BCUT2D eigenvalue weighted by Crippen LogP contribution is -2.64. The second-order valence-electron chi connectivity index (χ2n) is 21.7. The largest absolute Gasteiger partial charge is 0.394 e. The average molecular weight is 1290 g/mol. The summed E-state index contributed by atoms with van der Waals surface area (Å²) in [5, 5.41) is 110. The summed E-state index contributed by atoms with van der Waals surface area (Å²) >= 11 is 0. The van der Waals surface area contributed by atoms with Gasteiger partial charge < -0.3 is 140 Å². The highest BCUT2D eigenvalue weighted by molar-refractivity contribution is 5.78. The number of amides is 6. The number of hydrogen-bond acceptors (Lipinski definition) is 28. The second kappa shape index (κ2) is 44.5. The van der Waals surface area contributed by atoms with Crippen LogP contribution in [0, 0.1) is 0 Å². The van der Waals surface area contributed by atoms with E-state index >= 15 is 0 Å². The molecule has 3 aliphatic heterocycles. The highest BCUT2D eigenvalue weighted by atomic mass is 16.7. The van der Waals surface area contributed by atoms with Gasteiger partial charge >= 0.3 is 0 Å². The van der Waals surface area contributed by atoms with Crippen molar-refractivity contribution in [3.63, 3.8) is 0 Å². The predicted molar refractivity (Wildman–Crippen MR) is 307 cm³/mol. The maximum atomic E-state index is 13.2. The summed E-state index contributed by atoms with van der Waals surface area (Å²) in [5.74, 6) is -2.30.